The van der Waals surface area contributed by atoms with Gasteiger partial charge in [-0.1, -0.05) is 19.9 Å². The normalized spacial score (nSPS) is 14.9. The van der Waals surface area contributed by atoms with Crippen molar-refractivity contribution in [3.05, 3.63) is 47.5 Å². The molecule has 1 unspecified atom stereocenters. The Bertz CT molecular complexity index is 948. The average molecular weight is 401 g/mol. The molecule has 2 heterocycles. The van der Waals surface area contributed by atoms with Crippen molar-refractivity contribution >= 4 is 12.0 Å². The Kier molecular flexibility index (Phi) is 5.72. The lowest BCUT2D eigenvalue weighted by atomic mass is 9.91. The largest absolute Gasteiger partial charge is 0.488 e. The van der Waals surface area contributed by atoms with Crippen LogP contribution >= 0.6 is 0 Å². The molecular weight excluding hydrogens is 377 g/mol. The molecule has 3 N–H and O–H groups in total. The van der Waals surface area contributed by atoms with E-state index in [1.165, 1.54) is 12.1 Å². The summed E-state index contributed by atoms with van der Waals surface area (Å²) in [6.07, 6.45) is 0.973. The fourth-order valence-electron chi connectivity index (χ4n) is 3.71. The first-order chi connectivity index (χ1) is 13.7. The summed E-state index contributed by atoms with van der Waals surface area (Å²) in [7, 11) is 0. The summed E-state index contributed by atoms with van der Waals surface area (Å²) in [5.41, 5.74) is 1.38. The van der Waals surface area contributed by atoms with Crippen LogP contribution in [-0.2, 0) is 6.54 Å². The van der Waals surface area contributed by atoms with Gasteiger partial charge in [-0.05, 0) is 48.6 Å². The van der Waals surface area contributed by atoms with E-state index in [9.17, 15) is 14.0 Å². The minimum absolute atomic E-state index is 0.0131. The number of rotatable bonds is 7. The minimum Gasteiger partial charge on any atom is -0.488 e. The van der Waals surface area contributed by atoms with Crippen molar-refractivity contribution in [1.82, 2.24) is 15.6 Å². The third-order valence-corrected chi connectivity index (χ3v) is 4.73. The van der Waals surface area contributed by atoms with Crippen molar-refractivity contribution in [1.29, 1.82) is 0 Å². The highest BCUT2D eigenvalue weighted by atomic mass is 19.1. The van der Waals surface area contributed by atoms with Gasteiger partial charge in [-0.25, -0.2) is 9.18 Å². The number of carboxylic acid groups (broad SMARTS) is 1. The zero-order valence-corrected chi connectivity index (χ0v) is 16.6. The zero-order chi connectivity index (χ0) is 21.2. The van der Waals surface area contributed by atoms with Crippen molar-refractivity contribution < 1.29 is 23.8 Å². The van der Waals surface area contributed by atoms with Crippen LogP contribution in [0.15, 0.2) is 30.5 Å². The van der Waals surface area contributed by atoms with Crippen LogP contribution < -0.4 is 15.4 Å². The Labute approximate surface area is 168 Å². The number of ether oxygens (including phenoxy) is 1. The maximum atomic E-state index is 14.7. The number of hydrogen-bond acceptors (Lipinski definition) is 4. The molecule has 8 heteroatoms. The van der Waals surface area contributed by atoms with E-state index in [4.69, 9.17) is 9.84 Å². The molecule has 0 saturated carbocycles. The van der Waals surface area contributed by atoms with Gasteiger partial charge in [-0.3, -0.25) is 9.78 Å². The number of nitrogens with one attached hydrogen (secondary N) is 2. The molecule has 0 aliphatic carbocycles. The van der Waals surface area contributed by atoms with E-state index < -0.39 is 17.4 Å². The first kappa shape index (κ1) is 20.6. The fourth-order valence-corrected chi connectivity index (χ4v) is 3.71. The Balaban J connectivity index is 1.81. The molecule has 2 aromatic rings. The highest BCUT2D eigenvalue weighted by Crippen LogP contribution is 2.31. The number of aromatic nitrogens is 1. The van der Waals surface area contributed by atoms with E-state index in [0.29, 0.717) is 35.3 Å². The summed E-state index contributed by atoms with van der Waals surface area (Å²) in [6.45, 7) is 6.02. The van der Waals surface area contributed by atoms with Crippen LogP contribution in [0.2, 0.25) is 0 Å². The van der Waals surface area contributed by atoms with Gasteiger partial charge in [0.1, 0.15) is 6.61 Å². The molecule has 1 atom stereocenters. The molecule has 0 fully saturated rings. The van der Waals surface area contributed by atoms with Crippen molar-refractivity contribution in [2.24, 2.45) is 5.92 Å². The second-order valence-corrected chi connectivity index (χ2v) is 7.89. The van der Waals surface area contributed by atoms with Gasteiger partial charge in [0.25, 0.3) is 5.91 Å². The summed E-state index contributed by atoms with van der Waals surface area (Å²) in [6, 6.07) is 6.14. The lowest BCUT2D eigenvalue weighted by Gasteiger charge is -2.31. The van der Waals surface area contributed by atoms with Crippen LogP contribution in [0.3, 0.4) is 0 Å². The number of pyridine rings is 1. The van der Waals surface area contributed by atoms with Gasteiger partial charge >= 0.3 is 6.09 Å². The van der Waals surface area contributed by atoms with E-state index in [2.05, 4.69) is 15.6 Å². The number of fused-ring (bicyclic) bond motifs is 1. The van der Waals surface area contributed by atoms with Crippen LogP contribution in [0.4, 0.5) is 9.18 Å². The predicted molar refractivity (Wildman–Crippen MR) is 105 cm³/mol. The second kappa shape index (κ2) is 8.06. The summed E-state index contributed by atoms with van der Waals surface area (Å²) < 4.78 is 20.3. The Morgan fingerprint density at radius 2 is 2.17 bits per heavy atom. The minimum atomic E-state index is -1.16. The first-order valence-corrected chi connectivity index (χ1v) is 9.38. The van der Waals surface area contributed by atoms with Gasteiger partial charge in [0, 0.05) is 6.20 Å². The lowest BCUT2D eigenvalue weighted by Crippen LogP contribution is -2.50. The standard InChI is InChI=1S/C21H24FN3O4/c1-12(2)9-21(3,25-20(27)28)11-29-17-5-4-13(8-15(17)22)14-6-7-23-16-10-24-19(26)18(14)16/h4-8,12,25H,9-11H2,1-3H3,(H,24,26)(H,27,28). The summed E-state index contributed by atoms with van der Waals surface area (Å²) in [4.78, 5) is 27.4. The average Bonchev–Trinajstić information content (AvgIpc) is 3.00. The first-order valence-electron chi connectivity index (χ1n) is 9.38. The highest BCUT2D eigenvalue weighted by Gasteiger charge is 2.29. The lowest BCUT2D eigenvalue weighted by molar-refractivity contribution is 0.0966. The van der Waals surface area contributed by atoms with Crippen LogP contribution in [-0.4, -0.2) is 34.2 Å². The molecule has 0 radical (unpaired) electrons. The van der Waals surface area contributed by atoms with E-state index in [1.54, 1.807) is 25.3 Å². The fraction of sp³-hybridized carbons (Fsp3) is 0.381. The molecule has 1 aliphatic rings. The molecule has 1 aliphatic heterocycles. The second-order valence-electron chi connectivity index (χ2n) is 7.89. The molecule has 7 nitrogen and oxygen atoms in total. The van der Waals surface area contributed by atoms with Gasteiger partial charge in [-0.2, -0.15) is 0 Å². The SMILES string of the molecule is CC(C)CC(C)(COc1ccc(-c2ccnc3c2C(=O)NC3)cc1F)NC(=O)O. The van der Waals surface area contributed by atoms with E-state index in [0.717, 1.165) is 0 Å². The van der Waals surface area contributed by atoms with Crippen LogP contribution in [0.5, 0.6) is 5.75 Å². The molecule has 1 aromatic carbocycles. The maximum Gasteiger partial charge on any atom is 0.405 e. The number of benzene rings is 1. The molecule has 0 bridgehead atoms. The molecule has 29 heavy (non-hydrogen) atoms. The molecule has 1 aromatic heterocycles. The van der Waals surface area contributed by atoms with Gasteiger partial charge < -0.3 is 20.5 Å². The molecule has 3 rings (SSSR count). The molecule has 0 spiro atoms. The van der Waals surface area contributed by atoms with Crippen LogP contribution in [0, 0.1) is 11.7 Å². The van der Waals surface area contributed by atoms with E-state index in [1.807, 2.05) is 13.8 Å². The van der Waals surface area contributed by atoms with Crippen molar-refractivity contribution in [3.63, 3.8) is 0 Å². The number of carbonyl (C=O) groups excluding carboxylic acids is 1. The molecule has 154 valence electrons. The van der Waals surface area contributed by atoms with Crippen molar-refractivity contribution in [3.8, 4) is 16.9 Å². The van der Waals surface area contributed by atoms with Crippen LogP contribution in [0.25, 0.3) is 11.1 Å². The third-order valence-electron chi connectivity index (χ3n) is 4.73. The van der Waals surface area contributed by atoms with Crippen LogP contribution in [0.1, 0.15) is 43.2 Å². The molecule has 2 amide bonds. The Morgan fingerprint density at radius 3 is 2.83 bits per heavy atom. The van der Waals surface area contributed by atoms with Crippen molar-refractivity contribution in [2.75, 3.05) is 6.61 Å². The quantitative estimate of drug-likeness (QED) is 0.658. The third kappa shape index (κ3) is 4.64. The molecule has 0 saturated heterocycles. The topological polar surface area (TPSA) is 101 Å². The van der Waals surface area contributed by atoms with E-state index >= 15 is 0 Å². The maximum absolute atomic E-state index is 14.7. The summed E-state index contributed by atoms with van der Waals surface area (Å²) in [5, 5.41) is 14.3. The monoisotopic (exact) mass is 401 g/mol. The van der Waals surface area contributed by atoms with Gasteiger partial charge in [-0.15, -0.1) is 0 Å². The Hall–Kier alpha value is -3.16. The number of halogens is 1. The van der Waals surface area contributed by atoms with Gasteiger partial charge in [0.05, 0.1) is 23.3 Å². The summed E-state index contributed by atoms with van der Waals surface area (Å²) in [5.74, 6) is -0.574. The number of carbonyl (C=O) groups is 2. The summed E-state index contributed by atoms with van der Waals surface area (Å²) >= 11 is 0. The Morgan fingerprint density at radius 1 is 1.41 bits per heavy atom. The smallest absolute Gasteiger partial charge is 0.405 e. The zero-order valence-electron chi connectivity index (χ0n) is 16.6. The number of nitrogens with zero attached hydrogens (tertiary/aromatic N) is 1. The van der Waals surface area contributed by atoms with Gasteiger partial charge in [0.15, 0.2) is 11.6 Å². The number of hydrogen-bond donors (Lipinski definition) is 3. The van der Waals surface area contributed by atoms with Gasteiger partial charge in [0.2, 0.25) is 0 Å². The number of amides is 2. The van der Waals surface area contributed by atoms with E-state index in [-0.39, 0.29) is 24.2 Å². The molecular formula is C21H24FN3O4. The van der Waals surface area contributed by atoms with Crippen molar-refractivity contribution in [2.45, 2.75) is 39.3 Å². The predicted octanol–water partition coefficient (Wildman–Crippen LogP) is 3.58. The highest BCUT2D eigenvalue weighted by molar-refractivity contribution is 6.03.